The van der Waals surface area contributed by atoms with Crippen LogP contribution in [0.3, 0.4) is 0 Å². The van der Waals surface area contributed by atoms with Crippen LogP contribution in [-0.4, -0.2) is 11.0 Å². The molecule has 0 aliphatic carbocycles. The molecule has 0 aliphatic heterocycles. The molecule has 0 spiro atoms. The minimum atomic E-state index is -0.364. The lowest BCUT2D eigenvalue weighted by atomic mass is 10.2. The van der Waals surface area contributed by atoms with Crippen LogP contribution in [0.2, 0.25) is 0 Å². The van der Waals surface area contributed by atoms with Crippen LogP contribution in [0.1, 0.15) is 24.3 Å². The summed E-state index contributed by atoms with van der Waals surface area (Å²) in [5.74, 6) is 0.847. The van der Waals surface area contributed by atoms with Gasteiger partial charge in [0.15, 0.2) is 0 Å². The highest BCUT2D eigenvalue weighted by Crippen LogP contribution is 2.26. The zero-order valence-electron chi connectivity index (χ0n) is 12.3. The third-order valence-electron chi connectivity index (χ3n) is 2.85. The molecule has 0 radical (unpaired) electrons. The molecule has 6 heteroatoms. The molecule has 0 fully saturated rings. The number of rotatable bonds is 6. The van der Waals surface area contributed by atoms with Crippen molar-refractivity contribution in [1.29, 1.82) is 0 Å². The molecule has 2 rings (SSSR count). The van der Waals surface area contributed by atoms with Crippen molar-refractivity contribution in [2.75, 3.05) is 5.32 Å². The Labute approximate surface area is 127 Å². The average molecular weight is 306 g/mol. The van der Waals surface area contributed by atoms with Crippen LogP contribution in [0.15, 0.2) is 30.3 Å². The van der Waals surface area contributed by atoms with E-state index in [4.69, 9.17) is 4.74 Å². The van der Waals surface area contributed by atoms with Crippen LogP contribution in [0.25, 0.3) is 0 Å². The number of benzene rings is 1. The van der Waals surface area contributed by atoms with Gasteiger partial charge in [-0.15, -0.1) is 0 Å². The Morgan fingerprint density at radius 3 is 2.67 bits per heavy atom. The largest absolute Gasteiger partial charge is 0.491 e. The Morgan fingerprint density at radius 1 is 1.33 bits per heavy atom. The summed E-state index contributed by atoms with van der Waals surface area (Å²) in [6, 6.07) is 9.19. The monoisotopic (exact) mass is 306 g/mol. The van der Waals surface area contributed by atoms with Crippen LogP contribution in [0.4, 0.5) is 10.7 Å². The van der Waals surface area contributed by atoms with E-state index in [-0.39, 0.29) is 16.0 Å². The molecule has 0 atom stereocenters. The first-order valence-corrected chi connectivity index (χ1v) is 7.51. The first kappa shape index (κ1) is 15.3. The van der Waals surface area contributed by atoms with Gasteiger partial charge in [-0.25, -0.2) is 0 Å². The lowest BCUT2D eigenvalue weighted by molar-refractivity contribution is -0.380. The molecule has 21 heavy (non-hydrogen) atoms. The molecule has 1 N–H and O–H groups in total. The predicted octanol–water partition coefficient (Wildman–Crippen LogP) is 4.36. The normalized spacial score (nSPS) is 10.7. The van der Waals surface area contributed by atoms with E-state index in [0.717, 1.165) is 21.9 Å². The lowest BCUT2D eigenvalue weighted by Gasteiger charge is -2.13. The summed E-state index contributed by atoms with van der Waals surface area (Å²) in [6.07, 6.45) is 0.148. The molecule has 0 unspecified atom stereocenters. The Morgan fingerprint density at radius 2 is 2.10 bits per heavy atom. The molecular weight excluding hydrogens is 288 g/mol. The third-order valence-corrected chi connectivity index (χ3v) is 3.89. The van der Waals surface area contributed by atoms with Crippen LogP contribution in [-0.2, 0) is 6.54 Å². The van der Waals surface area contributed by atoms with E-state index in [1.807, 2.05) is 39.0 Å². The van der Waals surface area contributed by atoms with E-state index in [1.165, 1.54) is 17.4 Å². The van der Waals surface area contributed by atoms with Gasteiger partial charge in [0, 0.05) is 23.2 Å². The number of hydrogen-bond acceptors (Lipinski definition) is 5. The molecule has 0 aliphatic rings. The number of anilines is 1. The SMILES string of the molecule is Cc1cc(OC(C)C)ccc1NCc1ccc([N+](=O)[O-])s1. The number of nitrogens with one attached hydrogen (secondary N) is 1. The summed E-state index contributed by atoms with van der Waals surface area (Å²) in [4.78, 5) is 11.2. The number of thiophene rings is 1. The summed E-state index contributed by atoms with van der Waals surface area (Å²) in [5, 5.41) is 14.1. The molecule has 112 valence electrons. The first-order valence-electron chi connectivity index (χ1n) is 6.70. The van der Waals surface area contributed by atoms with Crippen molar-refractivity contribution in [2.24, 2.45) is 0 Å². The molecule has 0 saturated carbocycles. The van der Waals surface area contributed by atoms with E-state index < -0.39 is 0 Å². The van der Waals surface area contributed by atoms with Crippen molar-refractivity contribution in [2.45, 2.75) is 33.4 Å². The standard InChI is InChI=1S/C15H18N2O3S/c1-10(2)20-12-4-6-14(11(3)8-12)16-9-13-5-7-15(21-13)17(18)19/h4-8,10,16H,9H2,1-3H3. The Kier molecular flexibility index (Phi) is 4.80. The van der Waals surface area contributed by atoms with Crippen LogP contribution in [0, 0.1) is 17.0 Å². The highest BCUT2D eigenvalue weighted by Gasteiger charge is 2.10. The topological polar surface area (TPSA) is 64.4 Å². The van der Waals surface area contributed by atoms with Gasteiger partial charge in [0.05, 0.1) is 11.0 Å². The minimum absolute atomic E-state index is 0.148. The van der Waals surface area contributed by atoms with Crippen molar-refractivity contribution < 1.29 is 9.66 Å². The smallest absolute Gasteiger partial charge is 0.324 e. The molecule has 2 aromatic rings. The van der Waals surface area contributed by atoms with Gasteiger partial charge in [-0.2, -0.15) is 0 Å². The van der Waals surface area contributed by atoms with Gasteiger partial charge in [-0.1, -0.05) is 11.3 Å². The van der Waals surface area contributed by atoms with Gasteiger partial charge in [-0.3, -0.25) is 10.1 Å². The van der Waals surface area contributed by atoms with Crippen molar-refractivity contribution in [3.05, 3.63) is 50.9 Å². The third kappa shape index (κ3) is 4.19. The maximum absolute atomic E-state index is 10.6. The van der Waals surface area contributed by atoms with Crippen molar-refractivity contribution in [3.63, 3.8) is 0 Å². The average Bonchev–Trinajstić information content (AvgIpc) is 2.86. The van der Waals surface area contributed by atoms with Gasteiger partial charge in [0.25, 0.3) is 0 Å². The molecule has 0 amide bonds. The van der Waals surface area contributed by atoms with E-state index in [9.17, 15) is 10.1 Å². The molecule has 1 aromatic heterocycles. The van der Waals surface area contributed by atoms with E-state index in [1.54, 1.807) is 6.07 Å². The molecule has 1 heterocycles. The van der Waals surface area contributed by atoms with Gasteiger partial charge < -0.3 is 10.1 Å². The molecule has 1 aromatic carbocycles. The number of hydrogen-bond donors (Lipinski definition) is 1. The van der Waals surface area contributed by atoms with E-state index >= 15 is 0 Å². The Balaban J connectivity index is 2.00. The number of ether oxygens (including phenoxy) is 1. The minimum Gasteiger partial charge on any atom is -0.491 e. The Hall–Kier alpha value is -2.08. The summed E-state index contributed by atoms with van der Waals surface area (Å²) in [7, 11) is 0. The molecule has 0 saturated heterocycles. The number of nitrogens with zero attached hydrogens (tertiary/aromatic N) is 1. The van der Waals surface area contributed by atoms with Crippen molar-refractivity contribution >= 4 is 22.0 Å². The zero-order valence-corrected chi connectivity index (χ0v) is 13.1. The quantitative estimate of drug-likeness (QED) is 0.636. The molecular formula is C15H18N2O3S. The maximum atomic E-state index is 10.6. The number of aryl methyl sites for hydroxylation is 1. The fourth-order valence-corrected chi connectivity index (χ4v) is 2.68. The highest BCUT2D eigenvalue weighted by molar-refractivity contribution is 7.15. The van der Waals surface area contributed by atoms with Crippen molar-refractivity contribution in [1.82, 2.24) is 0 Å². The van der Waals surface area contributed by atoms with Gasteiger partial charge >= 0.3 is 5.00 Å². The van der Waals surface area contributed by atoms with Crippen LogP contribution >= 0.6 is 11.3 Å². The summed E-state index contributed by atoms with van der Waals surface area (Å²) >= 11 is 1.19. The highest BCUT2D eigenvalue weighted by atomic mass is 32.1. The second-order valence-corrected chi connectivity index (χ2v) is 6.14. The number of nitro groups is 1. The second-order valence-electron chi connectivity index (χ2n) is 4.99. The summed E-state index contributed by atoms with van der Waals surface area (Å²) < 4.78 is 5.64. The zero-order chi connectivity index (χ0) is 15.4. The van der Waals surface area contributed by atoms with Gasteiger partial charge in [-0.05, 0) is 50.6 Å². The summed E-state index contributed by atoms with van der Waals surface area (Å²) in [5.41, 5.74) is 2.08. The molecule has 0 bridgehead atoms. The van der Waals surface area contributed by atoms with Crippen LogP contribution < -0.4 is 10.1 Å². The maximum Gasteiger partial charge on any atom is 0.324 e. The molecule has 5 nitrogen and oxygen atoms in total. The fraction of sp³-hybridized carbons (Fsp3) is 0.333. The van der Waals surface area contributed by atoms with Gasteiger partial charge in [0.2, 0.25) is 0 Å². The van der Waals surface area contributed by atoms with Crippen LogP contribution in [0.5, 0.6) is 5.75 Å². The predicted molar refractivity (Wildman–Crippen MR) is 85.2 cm³/mol. The summed E-state index contributed by atoms with van der Waals surface area (Å²) in [6.45, 7) is 6.56. The van der Waals surface area contributed by atoms with E-state index in [2.05, 4.69) is 5.32 Å². The second kappa shape index (κ2) is 6.58. The lowest BCUT2D eigenvalue weighted by Crippen LogP contribution is -2.06. The van der Waals surface area contributed by atoms with Crippen molar-refractivity contribution in [3.8, 4) is 5.75 Å². The van der Waals surface area contributed by atoms with E-state index in [0.29, 0.717) is 6.54 Å². The van der Waals surface area contributed by atoms with Gasteiger partial charge in [0.1, 0.15) is 5.75 Å². The Bertz CT molecular complexity index is 638. The fourth-order valence-electron chi connectivity index (χ4n) is 1.92. The first-order chi connectivity index (χ1) is 9.95.